The Labute approximate surface area is 152 Å². The van der Waals surface area contributed by atoms with Crippen molar-refractivity contribution >= 4 is 12.0 Å². The van der Waals surface area contributed by atoms with Crippen LogP contribution in [0.2, 0.25) is 0 Å². The van der Waals surface area contributed by atoms with E-state index in [0.717, 1.165) is 22.5 Å². The molecule has 142 valence electrons. The molecule has 1 saturated heterocycles. The number of amides is 1. The number of hydrogen-bond acceptors (Lipinski definition) is 2. The molecular weight excluding hydrogens is 341 g/mol. The van der Waals surface area contributed by atoms with Gasteiger partial charge in [0.15, 0.2) is 0 Å². The summed E-state index contributed by atoms with van der Waals surface area (Å²) in [4.78, 5) is 13.3. The van der Waals surface area contributed by atoms with Gasteiger partial charge in [-0.3, -0.25) is 4.79 Å². The van der Waals surface area contributed by atoms with Gasteiger partial charge in [-0.2, -0.15) is 13.2 Å². The van der Waals surface area contributed by atoms with E-state index >= 15 is 0 Å². The van der Waals surface area contributed by atoms with Crippen LogP contribution in [0.15, 0.2) is 35.9 Å². The fourth-order valence-corrected chi connectivity index (χ4v) is 3.94. The minimum absolute atomic E-state index is 0.0291. The van der Waals surface area contributed by atoms with Gasteiger partial charge in [0.05, 0.1) is 0 Å². The zero-order valence-electron chi connectivity index (χ0n) is 14.9. The first-order valence-corrected chi connectivity index (χ1v) is 9.27. The molecular formula is C20H25F3N2O. The number of nitrogens with zero attached hydrogens (tertiary/aromatic N) is 1. The molecule has 3 nitrogen and oxygen atoms in total. The van der Waals surface area contributed by atoms with Crippen molar-refractivity contribution in [2.75, 3.05) is 13.1 Å². The summed E-state index contributed by atoms with van der Waals surface area (Å²) in [5.74, 6) is -1.64. The molecule has 0 unspecified atom stereocenters. The third-order valence-corrected chi connectivity index (χ3v) is 5.33. The van der Waals surface area contributed by atoms with Gasteiger partial charge in [-0.25, -0.2) is 0 Å². The van der Waals surface area contributed by atoms with Crippen LogP contribution in [0.1, 0.15) is 38.2 Å². The normalized spacial score (nSPS) is 24.4. The average molecular weight is 366 g/mol. The number of hydrogen-bond donors (Lipinski definition) is 1. The van der Waals surface area contributed by atoms with E-state index in [-0.39, 0.29) is 18.0 Å². The molecule has 1 amide bonds. The number of piperidine rings is 1. The summed E-state index contributed by atoms with van der Waals surface area (Å²) < 4.78 is 39.5. The minimum atomic E-state index is -4.81. The zero-order chi connectivity index (χ0) is 18.7. The predicted molar refractivity (Wildman–Crippen MR) is 95.4 cm³/mol. The molecule has 3 rings (SSSR count). The highest BCUT2D eigenvalue weighted by atomic mass is 19.4. The quantitative estimate of drug-likeness (QED) is 0.854. The maximum atomic E-state index is 13.2. The molecule has 6 heteroatoms. The topological polar surface area (TPSA) is 32.3 Å². The minimum Gasteiger partial charge on any atom is -0.328 e. The molecule has 0 aromatic heterocycles. The highest BCUT2D eigenvalue weighted by Gasteiger charge is 2.54. The van der Waals surface area contributed by atoms with Gasteiger partial charge in [0.2, 0.25) is 0 Å². The molecule has 1 aromatic rings. The fourth-order valence-electron chi connectivity index (χ4n) is 3.94. The number of carbonyl (C=O) groups excluding carboxylic acids is 1. The van der Waals surface area contributed by atoms with Gasteiger partial charge in [0, 0.05) is 18.0 Å². The summed E-state index contributed by atoms with van der Waals surface area (Å²) in [7, 11) is 0. The second-order valence-corrected chi connectivity index (χ2v) is 7.08. The largest absolute Gasteiger partial charge is 0.471 e. The van der Waals surface area contributed by atoms with Crippen LogP contribution in [0, 0.1) is 5.92 Å². The number of alkyl halides is 3. The van der Waals surface area contributed by atoms with Gasteiger partial charge >= 0.3 is 12.1 Å². The van der Waals surface area contributed by atoms with Crippen LogP contribution in [0.3, 0.4) is 0 Å². The van der Waals surface area contributed by atoms with Gasteiger partial charge in [-0.15, -0.1) is 0 Å². The first-order chi connectivity index (χ1) is 12.4. The van der Waals surface area contributed by atoms with E-state index in [0.29, 0.717) is 32.4 Å². The van der Waals surface area contributed by atoms with Crippen molar-refractivity contribution in [1.82, 2.24) is 10.2 Å². The summed E-state index contributed by atoms with van der Waals surface area (Å²) in [5, 5.41) is 3.15. The Balaban J connectivity index is 1.80. The molecule has 0 radical (unpaired) electrons. The van der Waals surface area contributed by atoms with Crippen LogP contribution >= 0.6 is 0 Å². The first-order valence-electron chi connectivity index (χ1n) is 9.27. The molecule has 1 aliphatic heterocycles. The highest BCUT2D eigenvalue weighted by Crippen LogP contribution is 2.46. The van der Waals surface area contributed by atoms with Gasteiger partial charge in [-0.1, -0.05) is 48.9 Å². The second kappa shape index (κ2) is 7.82. The van der Waals surface area contributed by atoms with Crippen molar-refractivity contribution in [2.45, 2.75) is 50.9 Å². The summed E-state index contributed by atoms with van der Waals surface area (Å²) in [6, 6.07) is 9.13. The SMILES string of the molecule is CC/C(=C\c1ccccc1)[C@@H]1C[C@H]1N(C(=O)C(F)(F)F)C1CCNCC1. The lowest BCUT2D eigenvalue weighted by Gasteiger charge is -2.35. The zero-order valence-corrected chi connectivity index (χ0v) is 14.9. The molecule has 1 heterocycles. The Morgan fingerprint density at radius 1 is 1.23 bits per heavy atom. The summed E-state index contributed by atoms with van der Waals surface area (Å²) in [5.41, 5.74) is 2.17. The maximum absolute atomic E-state index is 13.2. The Morgan fingerprint density at radius 3 is 2.46 bits per heavy atom. The Kier molecular flexibility index (Phi) is 5.70. The van der Waals surface area contributed by atoms with E-state index < -0.39 is 12.1 Å². The van der Waals surface area contributed by atoms with E-state index in [4.69, 9.17) is 0 Å². The monoisotopic (exact) mass is 366 g/mol. The van der Waals surface area contributed by atoms with Crippen LogP contribution in [0.25, 0.3) is 6.08 Å². The van der Waals surface area contributed by atoms with E-state index in [2.05, 4.69) is 11.4 Å². The van der Waals surface area contributed by atoms with Gasteiger partial charge in [0.25, 0.3) is 0 Å². The van der Waals surface area contributed by atoms with Crippen LogP contribution in [-0.4, -0.2) is 42.2 Å². The second-order valence-electron chi connectivity index (χ2n) is 7.08. The van der Waals surface area contributed by atoms with Gasteiger partial charge in [0.1, 0.15) is 0 Å². The third-order valence-electron chi connectivity index (χ3n) is 5.33. The molecule has 2 fully saturated rings. The van der Waals surface area contributed by atoms with E-state index in [1.807, 2.05) is 37.3 Å². The smallest absolute Gasteiger partial charge is 0.328 e. The lowest BCUT2D eigenvalue weighted by atomic mass is 10.0. The number of nitrogens with one attached hydrogen (secondary N) is 1. The standard InChI is InChI=1S/C20H25F3N2O/c1-2-15(12-14-6-4-3-5-7-14)17-13-18(17)25(19(26)20(21,22)23)16-8-10-24-11-9-16/h3-7,12,16-18,24H,2,8-11,13H2,1H3/b15-12+/t17-,18+/m0/s1. The third kappa shape index (κ3) is 4.29. The molecule has 26 heavy (non-hydrogen) atoms. The summed E-state index contributed by atoms with van der Waals surface area (Å²) in [6.07, 6.45) is -0.199. The predicted octanol–water partition coefficient (Wildman–Crippen LogP) is 4.01. The van der Waals surface area contributed by atoms with E-state index in [9.17, 15) is 18.0 Å². The maximum Gasteiger partial charge on any atom is 0.471 e. The van der Waals surface area contributed by atoms with Crippen molar-refractivity contribution in [3.8, 4) is 0 Å². The van der Waals surface area contributed by atoms with Crippen LogP contribution in [-0.2, 0) is 4.79 Å². The number of rotatable bonds is 5. The average Bonchev–Trinajstić information content (AvgIpc) is 3.41. The molecule has 1 aliphatic carbocycles. The van der Waals surface area contributed by atoms with Crippen molar-refractivity contribution in [3.05, 3.63) is 41.5 Å². The molecule has 2 aliphatic rings. The van der Waals surface area contributed by atoms with Crippen molar-refractivity contribution in [3.63, 3.8) is 0 Å². The Morgan fingerprint density at radius 2 is 1.88 bits per heavy atom. The highest BCUT2D eigenvalue weighted by molar-refractivity contribution is 5.83. The fraction of sp³-hybridized carbons (Fsp3) is 0.550. The Bertz CT molecular complexity index is 651. The molecule has 2 atom stereocenters. The number of carbonyl (C=O) groups is 1. The summed E-state index contributed by atoms with van der Waals surface area (Å²) in [6.45, 7) is 3.33. The van der Waals surface area contributed by atoms with Gasteiger partial charge in [-0.05, 0) is 44.3 Å². The summed E-state index contributed by atoms with van der Waals surface area (Å²) >= 11 is 0. The molecule has 1 saturated carbocycles. The van der Waals surface area contributed by atoms with Crippen LogP contribution < -0.4 is 5.32 Å². The van der Waals surface area contributed by atoms with Gasteiger partial charge < -0.3 is 10.2 Å². The lowest BCUT2D eigenvalue weighted by Crippen LogP contribution is -2.52. The molecule has 1 N–H and O–H groups in total. The van der Waals surface area contributed by atoms with E-state index in [1.54, 1.807) is 0 Å². The van der Waals surface area contributed by atoms with Crippen molar-refractivity contribution in [2.24, 2.45) is 5.92 Å². The van der Waals surface area contributed by atoms with E-state index in [1.165, 1.54) is 0 Å². The number of benzene rings is 1. The number of halogens is 3. The van der Waals surface area contributed by atoms with Crippen molar-refractivity contribution in [1.29, 1.82) is 0 Å². The van der Waals surface area contributed by atoms with Crippen LogP contribution in [0.5, 0.6) is 0 Å². The Hall–Kier alpha value is -1.82. The lowest BCUT2D eigenvalue weighted by molar-refractivity contribution is -0.189. The van der Waals surface area contributed by atoms with Crippen LogP contribution in [0.4, 0.5) is 13.2 Å². The molecule has 1 aromatic carbocycles. The van der Waals surface area contributed by atoms with Crippen molar-refractivity contribution < 1.29 is 18.0 Å². The molecule has 0 bridgehead atoms. The first kappa shape index (κ1) is 19.0. The molecule has 0 spiro atoms.